The number of nitrogens with zero attached hydrogens (tertiary/aromatic N) is 2. The van der Waals surface area contributed by atoms with Crippen molar-refractivity contribution in [2.45, 2.75) is 27.7 Å². The topological polar surface area (TPSA) is 59.2 Å². The Labute approximate surface area is 130 Å². The molecule has 0 bridgehead atoms. The van der Waals surface area contributed by atoms with E-state index in [0.29, 0.717) is 22.4 Å². The van der Waals surface area contributed by atoms with Crippen LogP contribution in [0.4, 0.5) is 5.69 Å². The molecule has 0 spiro atoms. The second kappa shape index (κ2) is 6.43. The van der Waals surface area contributed by atoms with Crippen LogP contribution in [0.2, 0.25) is 0 Å². The van der Waals surface area contributed by atoms with Crippen LogP contribution in [-0.2, 0) is 0 Å². The molecule has 1 amide bonds. The van der Waals surface area contributed by atoms with E-state index in [2.05, 4.69) is 32.7 Å². The van der Waals surface area contributed by atoms with Crippen LogP contribution in [-0.4, -0.2) is 28.9 Å². The highest BCUT2D eigenvalue weighted by Crippen LogP contribution is 2.33. The fraction of sp³-hybridized carbons (Fsp3) is 0.500. The maximum Gasteiger partial charge on any atom is 0.266 e. The molecule has 0 unspecified atom stereocenters. The first-order valence-corrected chi connectivity index (χ1v) is 8.14. The molecular formula is C16H23N3OS. The van der Waals surface area contributed by atoms with Gasteiger partial charge in [0.05, 0.1) is 5.69 Å². The van der Waals surface area contributed by atoms with Gasteiger partial charge in [-0.3, -0.25) is 4.79 Å². The molecule has 4 nitrogen and oxygen atoms in total. The van der Waals surface area contributed by atoms with Crippen molar-refractivity contribution < 1.29 is 4.79 Å². The Hall–Kier alpha value is -1.62. The van der Waals surface area contributed by atoms with Gasteiger partial charge in [0, 0.05) is 24.7 Å². The zero-order valence-corrected chi connectivity index (χ0v) is 13.9. The molecule has 0 aliphatic rings. The monoisotopic (exact) mass is 305 g/mol. The number of aromatic nitrogens is 1. The summed E-state index contributed by atoms with van der Waals surface area (Å²) >= 11 is 1.39. The smallest absolute Gasteiger partial charge is 0.266 e. The molecule has 0 saturated heterocycles. The number of hydrogen-bond donors (Lipinski definition) is 1. The predicted octanol–water partition coefficient (Wildman–Crippen LogP) is 3.63. The molecule has 2 aromatic heterocycles. The summed E-state index contributed by atoms with van der Waals surface area (Å²) in [4.78, 5) is 20.5. The zero-order chi connectivity index (χ0) is 15.6. The zero-order valence-electron chi connectivity index (χ0n) is 13.1. The molecule has 114 valence electrons. The third kappa shape index (κ3) is 3.53. The first-order valence-electron chi connectivity index (χ1n) is 7.32. The van der Waals surface area contributed by atoms with Crippen molar-refractivity contribution in [3.8, 4) is 0 Å². The maximum absolute atomic E-state index is 12.8. The van der Waals surface area contributed by atoms with Gasteiger partial charge >= 0.3 is 0 Å². The highest BCUT2D eigenvalue weighted by Gasteiger charge is 2.23. The number of fused-ring (bicyclic) bond motifs is 1. The number of carbonyl (C=O) groups excluding carboxylic acids is 1. The number of nitrogen functional groups attached to an aromatic ring is 1. The molecule has 2 aromatic rings. The second-order valence-electron chi connectivity index (χ2n) is 6.20. The van der Waals surface area contributed by atoms with Gasteiger partial charge in [-0.1, -0.05) is 27.7 Å². The number of nitrogens with two attached hydrogens (primary N) is 1. The Kier molecular flexibility index (Phi) is 4.83. The molecule has 0 radical (unpaired) electrons. The number of thiophene rings is 1. The second-order valence-corrected chi connectivity index (χ2v) is 7.20. The first-order chi connectivity index (χ1) is 9.90. The van der Waals surface area contributed by atoms with Crippen molar-refractivity contribution in [2.24, 2.45) is 11.8 Å². The van der Waals surface area contributed by atoms with Gasteiger partial charge in [-0.15, -0.1) is 11.3 Å². The molecule has 2 rings (SSSR count). The summed E-state index contributed by atoms with van der Waals surface area (Å²) in [5.74, 6) is 0.890. The van der Waals surface area contributed by atoms with Gasteiger partial charge < -0.3 is 10.6 Å². The molecule has 0 aliphatic carbocycles. The molecule has 0 aliphatic heterocycles. The summed E-state index contributed by atoms with van der Waals surface area (Å²) in [6.07, 6.45) is 1.73. The third-order valence-electron chi connectivity index (χ3n) is 3.16. The number of rotatable bonds is 5. The van der Waals surface area contributed by atoms with Gasteiger partial charge in [0.2, 0.25) is 0 Å². The van der Waals surface area contributed by atoms with Crippen LogP contribution in [0, 0.1) is 11.8 Å². The van der Waals surface area contributed by atoms with Crippen LogP contribution in [0.5, 0.6) is 0 Å². The number of hydrogen-bond acceptors (Lipinski definition) is 4. The predicted molar refractivity (Wildman–Crippen MR) is 89.6 cm³/mol. The van der Waals surface area contributed by atoms with Crippen LogP contribution < -0.4 is 5.73 Å². The van der Waals surface area contributed by atoms with Gasteiger partial charge in [-0.2, -0.15) is 0 Å². The van der Waals surface area contributed by atoms with Crippen molar-refractivity contribution >= 4 is 33.1 Å². The van der Waals surface area contributed by atoms with E-state index >= 15 is 0 Å². The molecule has 0 aromatic carbocycles. The largest absolute Gasteiger partial charge is 0.397 e. The minimum Gasteiger partial charge on any atom is -0.397 e. The van der Waals surface area contributed by atoms with Crippen molar-refractivity contribution in [3.05, 3.63) is 23.2 Å². The van der Waals surface area contributed by atoms with Crippen LogP contribution in [0.1, 0.15) is 37.4 Å². The lowest BCUT2D eigenvalue weighted by Crippen LogP contribution is -2.36. The highest BCUT2D eigenvalue weighted by atomic mass is 32.1. The van der Waals surface area contributed by atoms with Crippen LogP contribution in [0.15, 0.2) is 18.3 Å². The molecule has 0 saturated carbocycles. The molecule has 0 atom stereocenters. The number of carbonyl (C=O) groups is 1. The normalized spacial score (nSPS) is 11.5. The highest BCUT2D eigenvalue weighted by molar-refractivity contribution is 7.21. The number of pyridine rings is 1. The minimum absolute atomic E-state index is 0.0258. The molecule has 2 heterocycles. The van der Waals surface area contributed by atoms with Gasteiger partial charge in [0.15, 0.2) is 0 Å². The maximum atomic E-state index is 12.8. The minimum atomic E-state index is 0.0258. The van der Waals surface area contributed by atoms with E-state index in [0.717, 1.165) is 23.3 Å². The quantitative estimate of drug-likeness (QED) is 0.917. The average Bonchev–Trinajstić information content (AvgIpc) is 2.74. The third-order valence-corrected chi connectivity index (χ3v) is 4.27. The fourth-order valence-corrected chi connectivity index (χ4v) is 3.41. The van der Waals surface area contributed by atoms with Crippen molar-refractivity contribution in [1.29, 1.82) is 0 Å². The summed E-state index contributed by atoms with van der Waals surface area (Å²) in [6.45, 7) is 9.98. The average molecular weight is 305 g/mol. The Morgan fingerprint density at radius 1 is 1.29 bits per heavy atom. The van der Waals surface area contributed by atoms with Crippen LogP contribution >= 0.6 is 11.3 Å². The van der Waals surface area contributed by atoms with Gasteiger partial charge in [-0.25, -0.2) is 4.98 Å². The Morgan fingerprint density at radius 3 is 2.43 bits per heavy atom. The Balaban J connectivity index is 2.35. The van der Waals surface area contributed by atoms with E-state index < -0.39 is 0 Å². The van der Waals surface area contributed by atoms with Gasteiger partial charge in [0.25, 0.3) is 5.91 Å². The van der Waals surface area contributed by atoms with E-state index in [4.69, 9.17) is 5.73 Å². The lowest BCUT2D eigenvalue weighted by Gasteiger charge is -2.26. The Bertz CT molecular complexity index is 623. The fourth-order valence-electron chi connectivity index (χ4n) is 2.38. The number of anilines is 1. The van der Waals surface area contributed by atoms with E-state index in [9.17, 15) is 4.79 Å². The van der Waals surface area contributed by atoms with E-state index in [1.165, 1.54) is 11.3 Å². The number of amides is 1. The van der Waals surface area contributed by atoms with Crippen molar-refractivity contribution in [1.82, 2.24) is 9.88 Å². The molecular weight excluding hydrogens is 282 g/mol. The van der Waals surface area contributed by atoms with Crippen molar-refractivity contribution in [3.63, 3.8) is 0 Å². The van der Waals surface area contributed by atoms with Crippen LogP contribution in [0.25, 0.3) is 10.2 Å². The molecule has 21 heavy (non-hydrogen) atoms. The van der Waals surface area contributed by atoms with E-state index in [-0.39, 0.29) is 5.91 Å². The van der Waals surface area contributed by atoms with Crippen LogP contribution in [0.3, 0.4) is 0 Å². The summed E-state index contributed by atoms with van der Waals surface area (Å²) in [5, 5.41) is 0.875. The first kappa shape index (κ1) is 15.8. The molecule has 2 N–H and O–H groups in total. The Morgan fingerprint density at radius 2 is 1.90 bits per heavy atom. The van der Waals surface area contributed by atoms with E-state index in [1.54, 1.807) is 6.20 Å². The summed E-state index contributed by atoms with van der Waals surface area (Å²) in [6, 6.07) is 3.76. The molecule has 5 heteroatoms. The summed E-state index contributed by atoms with van der Waals surface area (Å²) < 4.78 is 0. The SMILES string of the molecule is CC(C)CN(CC(C)C)C(=O)c1sc2ncccc2c1N. The van der Waals surface area contributed by atoms with Gasteiger partial charge in [0.1, 0.15) is 9.71 Å². The lowest BCUT2D eigenvalue weighted by atomic mass is 10.1. The standard InChI is InChI=1S/C16H23N3OS/c1-10(2)8-19(9-11(3)4)16(20)14-13(17)12-6-5-7-18-15(12)21-14/h5-7,10-11H,8-9,17H2,1-4H3. The van der Waals surface area contributed by atoms with E-state index in [1.807, 2.05) is 17.0 Å². The summed E-state index contributed by atoms with van der Waals surface area (Å²) in [5.41, 5.74) is 6.72. The lowest BCUT2D eigenvalue weighted by molar-refractivity contribution is 0.0721. The van der Waals surface area contributed by atoms with Gasteiger partial charge in [-0.05, 0) is 24.0 Å². The summed E-state index contributed by atoms with van der Waals surface area (Å²) in [7, 11) is 0. The van der Waals surface area contributed by atoms with Crippen molar-refractivity contribution in [2.75, 3.05) is 18.8 Å². The molecule has 0 fully saturated rings.